The second-order valence-electron chi connectivity index (χ2n) is 6.77. The molecular formula is C23H17ClN2O3. The van der Waals surface area contributed by atoms with Crippen molar-refractivity contribution in [2.75, 3.05) is 4.90 Å². The lowest BCUT2D eigenvalue weighted by molar-refractivity contribution is -0.132. The Morgan fingerprint density at radius 3 is 2.31 bits per heavy atom. The van der Waals surface area contributed by atoms with Gasteiger partial charge in [0.2, 0.25) is 0 Å². The molecule has 0 spiro atoms. The van der Waals surface area contributed by atoms with Crippen molar-refractivity contribution >= 4 is 34.9 Å². The highest BCUT2D eigenvalue weighted by atomic mass is 35.5. The maximum Gasteiger partial charge on any atom is 0.301 e. The van der Waals surface area contributed by atoms with Gasteiger partial charge in [-0.25, -0.2) is 4.98 Å². The first kappa shape index (κ1) is 18.9. The number of carbonyl (C=O) groups is 2. The van der Waals surface area contributed by atoms with Crippen molar-refractivity contribution in [1.82, 2.24) is 4.98 Å². The number of Topliss-reactive ketones (excluding diaryl/α,β-unsaturated/α-hetero) is 1. The number of rotatable bonds is 3. The lowest BCUT2D eigenvalue weighted by atomic mass is 9.95. The molecule has 2 aromatic carbocycles. The van der Waals surface area contributed by atoms with E-state index in [1.165, 1.54) is 4.90 Å². The van der Waals surface area contributed by atoms with Gasteiger partial charge in [0.25, 0.3) is 5.78 Å². The second-order valence-corrected chi connectivity index (χ2v) is 7.21. The number of aryl methyl sites for hydroxylation is 1. The molecule has 3 aromatic rings. The SMILES string of the molecule is Cc1ccc([C@@H]2/C(=C(\O)c3ccc(Cl)cc3)C(=O)C(=O)N2c2ccccn2)cc1. The molecule has 1 amide bonds. The molecule has 1 N–H and O–H groups in total. The Morgan fingerprint density at radius 1 is 1.00 bits per heavy atom. The molecule has 4 rings (SSSR count). The monoisotopic (exact) mass is 404 g/mol. The van der Waals surface area contributed by atoms with Crippen LogP contribution in [0.1, 0.15) is 22.7 Å². The summed E-state index contributed by atoms with van der Waals surface area (Å²) in [6.45, 7) is 1.95. The van der Waals surface area contributed by atoms with E-state index < -0.39 is 17.7 Å². The van der Waals surface area contributed by atoms with Gasteiger partial charge in [-0.1, -0.05) is 47.5 Å². The van der Waals surface area contributed by atoms with Crippen molar-refractivity contribution in [3.05, 3.63) is 100 Å². The summed E-state index contributed by atoms with van der Waals surface area (Å²) in [5.74, 6) is -1.39. The maximum atomic E-state index is 13.0. The number of pyridine rings is 1. The van der Waals surface area contributed by atoms with Gasteiger partial charge in [0.05, 0.1) is 11.6 Å². The Morgan fingerprint density at radius 2 is 1.69 bits per heavy atom. The smallest absolute Gasteiger partial charge is 0.301 e. The van der Waals surface area contributed by atoms with Gasteiger partial charge < -0.3 is 5.11 Å². The van der Waals surface area contributed by atoms with Gasteiger partial charge in [0.15, 0.2) is 0 Å². The molecule has 0 aliphatic carbocycles. The van der Waals surface area contributed by atoms with E-state index in [4.69, 9.17) is 11.6 Å². The zero-order chi connectivity index (χ0) is 20.5. The van der Waals surface area contributed by atoms with Crippen LogP contribution in [-0.4, -0.2) is 21.8 Å². The summed E-state index contributed by atoms with van der Waals surface area (Å²) in [5.41, 5.74) is 2.18. The van der Waals surface area contributed by atoms with Crippen LogP contribution in [0.5, 0.6) is 0 Å². The predicted molar refractivity (Wildman–Crippen MR) is 112 cm³/mol. The number of aromatic nitrogens is 1. The van der Waals surface area contributed by atoms with Crippen LogP contribution < -0.4 is 4.90 Å². The summed E-state index contributed by atoms with van der Waals surface area (Å²) >= 11 is 5.94. The number of aliphatic hydroxyl groups excluding tert-OH is 1. The normalized spacial score (nSPS) is 18.3. The Hall–Kier alpha value is -3.44. The second kappa shape index (κ2) is 7.53. The number of halogens is 1. The molecular weight excluding hydrogens is 388 g/mol. The largest absolute Gasteiger partial charge is 0.507 e. The fourth-order valence-electron chi connectivity index (χ4n) is 3.39. The van der Waals surface area contributed by atoms with E-state index in [-0.39, 0.29) is 11.3 Å². The number of hydrogen-bond acceptors (Lipinski definition) is 4. The Balaban J connectivity index is 1.94. The van der Waals surface area contributed by atoms with E-state index in [0.29, 0.717) is 22.0 Å². The highest BCUT2D eigenvalue weighted by Gasteiger charge is 2.47. The minimum absolute atomic E-state index is 0.0202. The van der Waals surface area contributed by atoms with Crippen LogP contribution in [0, 0.1) is 6.92 Å². The van der Waals surface area contributed by atoms with E-state index in [1.807, 2.05) is 31.2 Å². The predicted octanol–water partition coefficient (Wildman–Crippen LogP) is 4.67. The van der Waals surface area contributed by atoms with Crippen LogP contribution in [0.2, 0.25) is 5.02 Å². The van der Waals surface area contributed by atoms with Gasteiger partial charge in [-0.15, -0.1) is 0 Å². The van der Waals surface area contributed by atoms with Crippen molar-refractivity contribution in [3.8, 4) is 0 Å². The molecule has 6 heteroatoms. The molecule has 29 heavy (non-hydrogen) atoms. The first-order valence-corrected chi connectivity index (χ1v) is 9.39. The molecule has 0 radical (unpaired) electrons. The summed E-state index contributed by atoms with van der Waals surface area (Å²) < 4.78 is 0. The minimum Gasteiger partial charge on any atom is -0.507 e. The van der Waals surface area contributed by atoms with E-state index in [1.54, 1.807) is 48.7 Å². The highest BCUT2D eigenvalue weighted by molar-refractivity contribution is 6.51. The molecule has 1 saturated heterocycles. The van der Waals surface area contributed by atoms with Crippen molar-refractivity contribution in [1.29, 1.82) is 0 Å². The van der Waals surface area contributed by atoms with Crippen LogP contribution in [0.15, 0.2) is 78.5 Å². The topological polar surface area (TPSA) is 70.5 Å². The average Bonchev–Trinajstić information content (AvgIpc) is 3.00. The number of aliphatic hydroxyl groups is 1. The summed E-state index contributed by atoms with van der Waals surface area (Å²) in [6.07, 6.45) is 1.56. The average molecular weight is 405 g/mol. The van der Waals surface area contributed by atoms with Gasteiger partial charge >= 0.3 is 5.91 Å². The number of amides is 1. The summed E-state index contributed by atoms with van der Waals surface area (Å²) in [7, 11) is 0. The molecule has 1 aliphatic heterocycles. The number of benzene rings is 2. The summed E-state index contributed by atoms with van der Waals surface area (Å²) in [4.78, 5) is 31.5. The van der Waals surface area contributed by atoms with Crippen LogP contribution >= 0.6 is 11.6 Å². The zero-order valence-corrected chi connectivity index (χ0v) is 16.3. The van der Waals surface area contributed by atoms with Crippen LogP contribution in [0.25, 0.3) is 5.76 Å². The molecule has 1 aromatic heterocycles. The lowest BCUT2D eigenvalue weighted by Gasteiger charge is -2.24. The lowest BCUT2D eigenvalue weighted by Crippen LogP contribution is -2.30. The number of hydrogen-bond donors (Lipinski definition) is 1. The zero-order valence-electron chi connectivity index (χ0n) is 15.5. The van der Waals surface area contributed by atoms with E-state index in [9.17, 15) is 14.7 Å². The van der Waals surface area contributed by atoms with E-state index in [0.717, 1.165) is 5.56 Å². The Labute approximate surface area is 172 Å². The fourth-order valence-corrected chi connectivity index (χ4v) is 3.52. The van der Waals surface area contributed by atoms with Gasteiger partial charge in [0, 0.05) is 16.8 Å². The van der Waals surface area contributed by atoms with Crippen molar-refractivity contribution in [2.45, 2.75) is 13.0 Å². The number of nitrogens with zero attached hydrogens (tertiary/aromatic N) is 2. The van der Waals surface area contributed by atoms with Crippen LogP contribution in [-0.2, 0) is 9.59 Å². The quantitative estimate of drug-likeness (QED) is 0.391. The van der Waals surface area contributed by atoms with Gasteiger partial charge in [-0.3, -0.25) is 14.5 Å². The molecule has 5 nitrogen and oxygen atoms in total. The van der Waals surface area contributed by atoms with Gasteiger partial charge in [-0.05, 0) is 48.9 Å². The summed E-state index contributed by atoms with van der Waals surface area (Å²) in [5, 5.41) is 11.5. The van der Waals surface area contributed by atoms with Crippen LogP contribution in [0.4, 0.5) is 5.82 Å². The molecule has 1 atom stereocenters. The van der Waals surface area contributed by atoms with Crippen molar-refractivity contribution in [2.24, 2.45) is 0 Å². The third kappa shape index (κ3) is 3.41. The molecule has 1 fully saturated rings. The molecule has 0 bridgehead atoms. The molecule has 0 unspecified atom stereocenters. The number of anilines is 1. The first-order chi connectivity index (χ1) is 14.0. The summed E-state index contributed by atoms with van der Waals surface area (Å²) in [6, 6.07) is 18.3. The molecule has 1 aliphatic rings. The molecule has 0 saturated carbocycles. The third-order valence-corrected chi connectivity index (χ3v) is 5.10. The van der Waals surface area contributed by atoms with Gasteiger partial charge in [0.1, 0.15) is 11.6 Å². The van der Waals surface area contributed by atoms with Crippen LogP contribution in [0.3, 0.4) is 0 Å². The molecule has 2 heterocycles. The fraction of sp³-hybridized carbons (Fsp3) is 0.0870. The minimum atomic E-state index is -0.791. The van der Waals surface area contributed by atoms with E-state index in [2.05, 4.69) is 4.98 Å². The third-order valence-electron chi connectivity index (χ3n) is 4.85. The van der Waals surface area contributed by atoms with Crippen molar-refractivity contribution in [3.63, 3.8) is 0 Å². The van der Waals surface area contributed by atoms with Gasteiger partial charge in [-0.2, -0.15) is 0 Å². The Kier molecular flexibility index (Phi) is 4.91. The van der Waals surface area contributed by atoms with Crippen molar-refractivity contribution < 1.29 is 14.7 Å². The first-order valence-electron chi connectivity index (χ1n) is 9.02. The molecule has 144 valence electrons. The number of ketones is 1. The standard InChI is InChI=1S/C23H17ClN2O3/c1-14-5-7-15(8-6-14)20-19(21(27)16-9-11-17(24)12-10-16)22(28)23(29)26(20)18-4-2-3-13-25-18/h2-13,20,27H,1H3/b21-19+/t20-/m1/s1. The maximum absolute atomic E-state index is 13.0. The van der Waals surface area contributed by atoms with E-state index >= 15 is 0 Å². The Bertz CT molecular complexity index is 1110. The highest BCUT2D eigenvalue weighted by Crippen LogP contribution is 2.41. The number of carbonyl (C=O) groups excluding carboxylic acids is 2.